The van der Waals surface area contributed by atoms with Crippen LogP contribution in [0.5, 0.6) is 0 Å². The van der Waals surface area contributed by atoms with Crippen LogP contribution in [-0.4, -0.2) is 13.7 Å². The molecule has 0 heterocycles. The van der Waals surface area contributed by atoms with Gasteiger partial charge in [-0.15, -0.1) is 0 Å². The fourth-order valence-corrected chi connectivity index (χ4v) is 2.29. The summed E-state index contributed by atoms with van der Waals surface area (Å²) in [5, 5.41) is -0.424. The van der Waals surface area contributed by atoms with Gasteiger partial charge in [-0.25, -0.2) is 8.42 Å². The van der Waals surface area contributed by atoms with Gasteiger partial charge in [-0.2, -0.15) is 0 Å². The van der Waals surface area contributed by atoms with Gasteiger partial charge in [-0.3, -0.25) is 4.72 Å². The summed E-state index contributed by atoms with van der Waals surface area (Å²) >= 11 is 0. The molecule has 0 unspecified atom stereocenters. The summed E-state index contributed by atoms with van der Waals surface area (Å²) in [6.07, 6.45) is 0.976. The van der Waals surface area contributed by atoms with Gasteiger partial charge in [-0.1, -0.05) is 32.9 Å². The van der Waals surface area contributed by atoms with E-state index in [0.29, 0.717) is 5.69 Å². The average molecular weight is 269 g/mol. The molecule has 0 atom stereocenters. The van der Waals surface area contributed by atoms with Crippen LogP contribution in [0.2, 0.25) is 0 Å². The van der Waals surface area contributed by atoms with Gasteiger partial charge in [0, 0.05) is 5.69 Å². The topological polar surface area (TPSA) is 46.2 Å². The van der Waals surface area contributed by atoms with Crippen molar-refractivity contribution in [1.29, 1.82) is 0 Å². The molecule has 0 saturated carbocycles. The molecule has 0 fully saturated rings. The minimum atomic E-state index is -3.25. The highest BCUT2D eigenvalue weighted by molar-refractivity contribution is 7.93. The molecule has 1 rings (SSSR count). The summed E-state index contributed by atoms with van der Waals surface area (Å²) in [6.45, 7) is 9.87. The summed E-state index contributed by atoms with van der Waals surface area (Å²) < 4.78 is 26.0. The molecule has 1 aromatic carbocycles. The average Bonchev–Trinajstić information content (AvgIpc) is 2.18. The molecule has 0 aliphatic rings. The first-order chi connectivity index (χ1) is 8.10. The molecular formula is C14H23NO2S. The van der Waals surface area contributed by atoms with Crippen molar-refractivity contribution in [3.8, 4) is 0 Å². The highest BCUT2D eigenvalue weighted by Gasteiger charge is 2.16. The fourth-order valence-electron chi connectivity index (χ4n) is 1.59. The quantitative estimate of drug-likeness (QED) is 0.910. The van der Waals surface area contributed by atoms with Crippen LogP contribution in [0.15, 0.2) is 24.3 Å². The molecule has 4 heteroatoms. The molecule has 0 amide bonds. The zero-order valence-electron chi connectivity index (χ0n) is 11.8. The van der Waals surface area contributed by atoms with Gasteiger partial charge in [0.25, 0.3) is 0 Å². The van der Waals surface area contributed by atoms with E-state index in [0.717, 1.165) is 6.42 Å². The van der Waals surface area contributed by atoms with Crippen LogP contribution in [-0.2, 0) is 16.4 Å². The Morgan fingerprint density at radius 3 is 2.00 bits per heavy atom. The molecule has 1 N–H and O–H groups in total. The predicted octanol–water partition coefficient (Wildman–Crippen LogP) is 3.43. The summed E-state index contributed by atoms with van der Waals surface area (Å²) in [7, 11) is -3.25. The molecular weight excluding hydrogens is 246 g/mol. The summed E-state index contributed by atoms with van der Waals surface area (Å²) in [4.78, 5) is 0. The number of anilines is 1. The number of hydrogen-bond acceptors (Lipinski definition) is 2. The molecule has 102 valence electrons. The number of benzene rings is 1. The zero-order valence-corrected chi connectivity index (χ0v) is 12.6. The maximum atomic E-state index is 11.7. The molecule has 0 saturated heterocycles. The van der Waals surface area contributed by atoms with Crippen LogP contribution in [0.3, 0.4) is 0 Å². The second-order valence-electron chi connectivity index (χ2n) is 6.13. The van der Waals surface area contributed by atoms with Crippen LogP contribution in [0.4, 0.5) is 5.69 Å². The van der Waals surface area contributed by atoms with Crippen molar-refractivity contribution < 1.29 is 8.42 Å². The molecule has 0 aliphatic carbocycles. The van der Waals surface area contributed by atoms with Gasteiger partial charge >= 0.3 is 0 Å². The Kier molecular flexibility index (Phi) is 4.43. The highest BCUT2D eigenvalue weighted by Crippen LogP contribution is 2.22. The van der Waals surface area contributed by atoms with Gasteiger partial charge in [0.2, 0.25) is 10.0 Å². The zero-order chi connectivity index (χ0) is 14.0. The molecule has 0 spiro atoms. The second-order valence-corrected chi connectivity index (χ2v) is 8.37. The lowest BCUT2D eigenvalue weighted by atomic mass is 9.88. The largest absolute Gasteiger partial charge is 0.283 e. The van der Waals surface area contributed by atoms with Crippen molar-refractivity contribution in [2.75, 3.05) is 4.72 Å². The lowest BCUT2D eigenvalue weighted by Gasteiger charge is -2.18. The summed E-state index contributed by atoms with van der Waals surface area (Å²) in [6, 6.07) is 7.59. The van der Waals surface area contributed by atoms with Crippen LogP contribution in [0.1, 0.15) is 40.2 Å². The monoisotopic (exact) mass is 269 g/mol. The van der Waals surface area contributed by atoms with E-state index < -0.39 is 15.3 Å². The van der Waals surface area contributed by atoms with E-state index in [9.17, 15) is 8.42 Å². The van der Waals surface area contributed by atoms with Gasteiger partial charge in [0.1, 0.15) is 0 Å². The molecule has 0 aliphatic heterocycles. The molecule has 0 bridgehead atoms. The summed E-state index contributed by atoms with van der Waals surface area (Å²) in [5.74, 6) is 0. The third-order valence-electron chi connectivity index (χ3n) is 2.57. The molecule has 0 radical (unpaired) electrons. The van der Waals surface area contributed by atoms with E-state index in [-0.39, 0.29) is 5.41 Å². The van der Waals surface area contributed by atoms with E-state index in [1.165, 1.54) is 5.56 Å². The number of rotatable bonds is 4. The lowest BCUT2D eigenvalue weighted by Crippen LogP contribution is -2.22. The first-order valence-electron chi connectivity index (χ1n) is 6.21. The fraction of sp³-hybridized carbons (Fsp3) is 0.571. The van der Waals surface area contributed by atoms with Crippen LogP contribution in [0, 0.1) is 5.41 Å². The van der Waals surface area contributed by atoms with E-state index in [1.54, 1.807) is 13.8 Å². The molecule has 1 aromatic rings. The van der Waals surface area contributed by atoms with E-state index in [2.05, 4.69) is 25.5 Å². The second kappa shape index (κ2) is 5.31. The number of nitrogens with one attached hydrogen (secondary N) is 1. The SMILES string of the molecule is CC(C)S(=O)(=O)Nc1ccc(CC(C)(C)C)cc1. The van der Waals surface area contributed by atoms with E-state index in [1.807, 2.05) is 24.3 Å². The van der Waals surface area contributed by atoms with Gasteiger partial charge in [0.15, 0.2) is 0 Å². The maximum Gasteiger partial charge on any atom is 0.235 e. The van der Waals surface area contributed by atoms with Crippen molar-refractivity contribution in [1.82, 2.24) is 0 Å². The van der Waals surface area contributed by atoms with Gasteiger partial charge < -0.3 is 0 Å². The smallest absolute Gasteiger partial charge is 0.235 e. The Morgan fingerprint density at radius 2 is 1.61 bits per heavy atom. The van der Waals surface area contributed by atoms with Crippen LogP contribution in [0.25, 0.3) is 0 Å². The van der Waals surface area contributed by atoms with E-state index >= 15 is 0 Å². The Balaban J connectivity index is 2.79. The standard InChI is InChI=1S/C14H23NO2S/c1-11(2)18(16,17)15-13-8-6-12(7-9-13)10-14(3,4)5/h6-9,11,15H,10H2,1-5H3. The third-order valence-corrected chi connectivity index (χ3v) is 4.33. The van der Waals surface area contributed by atoms with Gasteiger partial charge in [0.05, 0.1) is 5.25 Å². The van der Waals surface area contributed by atoms with Crippen LogP contribution < -0.4 is 4.72 Å². The minimum absolute atomic E-state index is 0.235. The first kappa shape index (κ1) is 15.0. The third kappa shape index (κ3) is 4.69. The van der Waals surface area contributed by atoms with Gasteiger partial charge in [-0.05, 0) is 43.4 Å². The van der Waals surface area contributed by atoms with E-state index in [4.69, 9.17) is 0 Å². The Bertz CT molecular complexity index is 482. The van der Waals surface area contributed by atoms with Crippen molar-refractivity contribution in [2.24, 2.45) is 5.41 Å². The van der Waals surface area contributed by atoms with Crippen molar-refractivity contribution >= 4 is 15.7 Å². The van der Waals surface area contributed by atoms with Crippen LogP contribution >= 0.6 is 0 Å². The molecule has 3 nitrogen and oxygen atoms in total. The van der Waals surface area contributed by atoms with Crippen molar-refractivity contribution in [3.63, 3.8) is 0 Å². The lowest BCUT2D eigenvalue weighted by molar-refractivity contribution is 0.411. The number of hydrogen-bond donors (Lipinski definition) is 1. The normalized spacial score (nSPS) is 12.8. The predicted molar refractivity (Wildman–Crippen MR) is 77.3 cm³/mol. The molecule has 0 aromatic heterocycles. The highest BCUT2D eigenvalue weighted by atomic mass is 32.2. The minimum Gasteiger partial charge on any atom is -0.283 e. The summed E-state index contributed by atoms with van der Waals surface area (Å²) in [5.41, 5.74) is 2.08. The Labute approximate surface area is 111 Å². The first-order valence-corrected chi connectivity index (χ1v) is 7.75. The molecule has 18 heavy (non-hydrogen) atoms. The van der Waals surface area contributed by atoms with Crippen molar-refractivity contribution in [2.45, 2.75) is 46.3 Å². The maximum absolute atomic E-state index is 11.7. The van der Waals surface area contributed by atoms with Crippen molar-refractivity contribution in [3.05, 3.63) is 29.8 Å². The Morgan fingerprint density at radius 1 is 1.11 bits per heavy atom. The number of sulfonamides is 1. The Hall–Kier alpha value is -1.03.